The fourth-order valence-electron chi connectivity index (χ4n) is 3.02. The largest absolute Gasteiger partial charge is 0.309 e. The Kier molecular flexibility index (Phi) is 5.19. The van der Waals surface area contributed by atoms with Gasteiger partial charge in [-0.15, -0.1) is 0 Å². The molecule has 0 saturated heterocycles. The topological polar surface area (TPSA) is 12.0 Å². The highest BCUT2D eigenvalue weighted by Crippen LogP contribution is 2.37. The third kappa shape index (κ3) is 3.54. The lowest BCUT2D eigenvalue weighted by atomic mass is 9.74. The molecule has 0 amide bonds. The minimum atomic E-state index is 0.0453. The predicted octanol–water partition coefficient (Wildman–Crippen LogP) is 4.88. The van der Waals surface area contributed by atoms with Crippen molar-refractivity contribution in [2.75, 3.05) is 6.54 Å². The van der Waals surface area contributed by atoms with Crippen LogP contribution in [0.2, 0.25) is 0 Å². The van der Waals surface area contributed by atoms with Crippen LogP contribution in [0.15, 0.2) is 54.6 Å². The van der Waals surface area contributed by atoms with E-state index in [2.05, 4.69) is 87.6 Å². The van der Waals surface area contributed by atoms with E-state index in [0.29, 0.717) is 6.04 Å². The number of aryl methyl sites for hydroxylation is 1. The molecule has 0 bridgehead atoms. The maximum Gasteiger partial charge on any atom is 0.0412 e. The van der Waals surface area contributed by atoms with Crippen molar-refractivity contribution in [3.63, 3.8) is 0 Å². The summed E-state index contributed by atoms with van der Waals surface area (Å²) >= 11 is 0. The Labute approximate surface area is 129 Å². The Morgan fingerprint density at radius 1 is 0.952 bits per heavy atom. The molecular formula is C20H27N. The molecule has 2 aromatic carbocycles. The van der Waals surface area contributed by atoms with E-state index in [9.17, 15) is 0 Å². The second kappa shape index (κ2) is 6.91. The first-order valence-corrected chi connectivity index (χ1v) is 7.97. The van der Waals surface area contributed by atoms with Gasteiger partial charge in [0.15, 0.2) is 0 Å². The van der Waals surface area contributed by atoms with Crippen molar-refractivity contribution in [2.24, 2.45) is 0 Å². The zero-order valence-corrected chi connectivity index (χ0v) is 13.7. The maximum atomic E-state index is 3.69. The summed E-state index contributed by atoms with van der Waals surface area (Å²) in [6.07, 6.45) is 1.08. The van der Waals surface area contributed by atoms with Gasteiger partial charge in [0.2, 0.25) is 0 Å². The fraction of sp³-hybridized carbons (Fsp3) is 0.400. The number of rotatable bonds is 6. The highest BCUT2D eigenvalue weighted by molar-refractivity contribution is 5.34. The highest BCUT2D eigenvalue weighted by atomic mass is 14.9. The minimum absolute atomic E-state index is 0.0453. The average Bonchev–Trinajstić information content (AvgIpc) is 2.53. The molecule has 1 nitrogen and oxygen atoms in total. The van der Waals surface area contributed by atoms with E-state index in [-0.39, 0.29) is 5.41 Å². The van der Waals surface area contributed by atoms with Gasteiger partial charge in [-0.2, -0.15) is 0 Å². The third-order valence-corrected chi connectivity index (χ3v) is 4.34. The quantitative estimate of drug-likeness (QED) is 0.796. The average molecular weight is 281 g/mol. The van der Waals surface area contributed by atoms with E-state index in [1.165, 1.54) is 16.7 Å². The molecule has 1 heteroatoms. The molecular weight excluding hydrogens is 254 g/mol. The van der Waals surface area contributed by atoms with E-state index in [0.717, 1.165) is 13.0 Å². The molecule has 1 unspecified atom stereocenters. The number of hydrogen-bond donors (Lipinski definition) is 1. The van der Waals surface area contributed by atoms with Gasteiger partial charge in [0.25, 0.3) is 0 Å². The van der Waals surface area contributed by atoms with Crippen LogP contribution in [-0.2, 0) is 11.8 Å². The summed E-state index contributed by atoms with van der Waals surface area (Å²) in [6, 6.07) is 20.1. The maximum absolute atomic E-state index is 3.69. The molecule has 0 aromatic heterocycles. The lowest BCUT2D eigenvalue weighted by molar-refractivity contribution is 0.354. The summed E-state index contributed by atoms with van der Waals surface area (Å²) in [6.45, 7) is 10.0. The molecule has 0 fully saturated rings. The van der Waals surface area contributed by atoms with Gasteiger partial charge < -0.3 is 5.32 Å². The Bertz CT molecular complexity index is 557. The summed E-state index contributed by atoms with van der Waals surface area (Å²) in [4.78, 5) is 0. The van der Waals surface area contributed by atoms with Crippen molar-refractivity contribution in [1.82, 2.24) is 5.32 Å². The zero-order valence-electron chi connectivity index (χ0n) is 13.7. The van der Waals surface area contributed by atoms with Gasteiger partial charge >= 0.3 is 0 Å². The Hall–Kier alpha value is -1.60. The number of benzene rings is 2. The predicted molar refractivity (Wildman–Crippen MR) is 91.7 cm³/mol. The van der Waals surface area contributed by atoms with Gasteiger partial charge in [0, 0.05) is 11.5 Å². The van der Waals surface area contributed by atoms with E-state index in [1.807, 2.05) is 0 Å². The van der Waals surface area contributed by atoms with Crippen LogP contribution in [-0.4, -0.2) is 6.54 Å². The molecule has 1 N–H and O–H groups in total. The SMILES string of the molecule is CCNC(c1cccc(CC)c1)C(C)(C)c1ccccc1. The van der Waals surface area contributed by atoms with Crippen molar-refractivity contribution < 1.29 is 0 Å². The van der Waals surface area contributed by atoms with Gasteiger partial charge in [0.05, 0.1) is 0 Å². The van der Waals surface area contributed by atoms with Crippen LogP contribution in [0.4, 0.5) is 0 Å². The van der Waals surface area contributed by atoms with Gasteiger partial charge in [0.1, 0.15) is 0 Å². The summed E-state index contributed by atoms with van der Waals surface area (Å²) in [7, 11) is 0. The van der Waals surface area contributed by atoms with E-state index in [4.69, 9.17) is 0 Å². The smallest absolute Gasteiger partial charge is 0.0412 e. The van der Waals surface area contributed by atoms with Gasteiger partial charge in [-0.3, -0.25) is 0 Å². The van der Waals surface area contributed by atoms with Crippen molar-refractivity contribution in [1.29, 1.82) is 0 Å². The first-order valence-electron chi connectivity index (χ1n) is 7.97. The van der Waals surface area contributed by atoms with E-state index in [1.54, 1.807) is 0 Å². The monoisotopic (exact) mass is 281 g/mol. The Balaban J connectivity index is 2.42. The van der Waals surface area contributed by atoms with Gasteiger partial charge in [-0.05, 0) is 29.7 Å². The third-order valence-electron chi connectivity index (χ3n) is 4.34. The molecule has 0 aliphatic carbocycles. The van der Waals surface area contributed by atoms with Crippen LogP contribution in [0.5, 0.6) is 0 Å². The summed E-state index contributed by atoms with van der Waals surface area (Å²) in [5.41, 5.74) is 4.20. The van der Waals surface area contributed by atoms with Crippen molar-refractivity contribution in [3.05, 3.63) is 71.3 Å². The molecule has 1 atom stereocenters. The van der Waals surface area contributed by atoms with Crippen molar-refractivity contribution in [3.8, 4) is 0 Å². The lowest BCUT2D eigenvalue weighted by Gasteiger charge is -2.36. The Morgan fingerprint density at radius 2 is 1.67 bits per heavy atom. The summed E-state index contributed by atoms with van der Waals surface area (Å²) < 4.78 is 0. The van der Waals surface area contributed by atoms with Gasteiger partial charge in [-0.1, -0.05) is 82.3 Å². The minimum Gasteiger partial charge on any atom is -0.309 e. The van der Waals surface area contributed by atoms with Crippen LogP contribution >= 0.6 is 0 Å². The fourth-order valence-corrected chi connectivity index (χ4v) is 3.02. The molecule has 0 aliphatic heterocycles. The molecule has 0 radical (unpaired) electrons. The molecule has 2 aromatic rings. The first-order chi connectivity index (χ1) is 10.1. The molecule has 0 saturated carbocycles. The summed E-state index contributed by atoms with van der Waals surface area (Å²) in [5.74, 6) is 0. The van der Waals surface area contributed by atoms with E-state index < -0.39 is 0 Å². The number of nitrogens with one attached hydrogen (secondary N) is 1. The van der Waals surface area contributed by atoms with Crippen LogP contribution < -0.4 is 5.32 Å². The van der Waals surface area contributed by atoms with Crippen molar-refractivity contribution in [2.45, 2.75) is 45.6 Å². The highest BCUT2D eigenvalue weighted by Gasteiger charge is 2.31. The van der Waals surface area contributed by atoms with E-state index >= 15 is 0 Å². The lowest BCUT2D eigenvalue weighted by Crippen LogP contribution is -2.37. The summed E-state index contributed by atoms with van der Waals surface area (Å²) in [5, 5.41) is 3.69. The molecule has 112 valence electrons. The first kappa shape index (κ1) is 15.8. The second-order valence-electron chi connectivity index (χ2n) is 6.18. The van der Waals surface area contributed by atoms with Crippen LogP contribution in [0.1, 0.15) is 50.4 Å². The standard InChI is InChI=1S/C20H27N/c1-5-16-11-10-12-17(15-16)19(21-6-2)20(3,4)18-13-8-7-9-14-18/h7-15,19,21H,5-6H2,1-4H3. The molecule has 21 heavy (non-hydrogen) atoms. The van der Waals surface area contributed by atoms with Crippen LogP contribution in [0.3, 0.4) is 0 Å². The molecule has 0 aliphatic rings. The second-order valence-corrected chi connectivity index (χ2v) is 6.18. The number of hydrogen-bond acceptors (Lipinski definition) is 1. The molecule has 2 rings (SSSR count). The van der Waals surface area contributed by atoms with Gasteiger partial charge in [-0.25, -0.2) is 0 Å². The Morgan fingerprint density at radius 3 is 2.29 bits per heavy atom. The van der Waals surface area contributed by atoms with Crippen molar-refractivity contribution >= 4 is 0 Å². The van der Waals surface area contributed by atoms with Crippen LogP contribution in [0, 0.1) is 0 Å². The number of likely N-dealkylation sites (N-methyl/N-ethyl adjacent to an activating group) is 1. The van der Waals surface area contributed by atoms with Crippen LogP contribution in [0.25, 0.3) is 0 Å². The normalized spacial score (nSPS) is 13.1. The molecule has 0 heterocycles. The molecule has 0 spiro atoms. The zero-order chi connectivity index (χ0) is 15.3.